The van der Waals surface area contributed by atoms with Crippen LogP contribution in [0.1, 0.15) is 24.8 Å². The molecule has 0 spiro atoms. The van der Waals surface area contributed by atoms with E-state index < -0.39 is 0 Å². The lowest BCUT2D eigenvalue weighted by atomic mass is 10.2. The van der Waals surface area contributed by atoms with Crippen LogP contribution in [0.4, 0.5) is 4.39 Å². The van der Waals surface area contributed by atoms with Crippen LogP contribution in [0.25, 0.3) is 0 Å². The number of nitrogens with zero attached hydrogens (tertiary/aromatic N) is 1. The molecule has 2 N–H and O–H groups in total. The van der Waals surface area contributed by atoms with Gasteiger partial charge in [0, 0.05) is 30.4 Å². The molecule has 1 saturated carbocycles. The predicted octanol–water partition coefficient (Wildman–Crippen LogP) is 2.77. The summed E-state index contributed by atoms with van der Waals surface area (Å²) >= 11 is 1.93. The number of guanidine groups is 1. The number of rotatable bonds is 4. The van der Waals surface area contributed by atoms with Gasteiger partial charge in [0.2, 0.25) is 0 Å². The molecule has 0 radical (unpaired) electrons. The van der Waals surface area contributed by atoms with Gasteiger partial charge in [-0.25, -0.2) is 4.39 Å². The van der Waals surface area contributed by atoms with Crippen molar-refractivity contribution in [3.8, 4) is 0 Å². The summed E-state index contributed by atoms with van der Waals surface area (Å²) in [5.41, 5.74) is 0.656. The number of benzene rings is 1. The zero-order valence-electron chi connectivity index (χ0n) is 12.0. The first-order chi connectivity index (χ1) is 9.72. The molecule has 1 aliphatic carbocycles. The maximum absolute atomic E-state index is 13.5. The van der Waals surface area contributed by atoms with Gasteiger partial charge in [-0.15, -0.1) is 0 Å². The second-order valence-electron chi connectivity index (χ2n) is 5.03. The molecule has 0 bridgehead atoms. The smallest absolute Gasteiger partial charge is 0.191 e. The van der Waals surface area contributed by atoms with Gasteiger partial charge in [0.1, 0.15) is 5.82 Å². The van der Waals surface area contributed by atoms with Crippen LogP contribution in [0.3, 0.4) is 0 Å². The van der Waals surface area contributed by atoms with E-state index in [4.69, 9.17) is 0 Å². The third-order valence-corrected chi connectivity index (χ3v) is 4.78. The lowest BCUT2D eigenvalue weighted by Crippen LogP contribution is -2.42. The Morgan fingerprint density at radius 3 is 2.85 bits per heavy atom. The van der Waals surface area contributed by atoms with E-state index >= 15 is 0 Å². The standard InChI is InChI=1S/C15H22FN3S/c1-17-15(19-12-7-8-13(9-12)20-2)18-10-11-5-3-4-6-14(11)16/h3-6,12-13H,7-10H2,1-2H3,(H2,17,18,19). The van der Waals surface area contributed by atoms with Gasteiger partial charge in [-0.2, -0.15) is 11.8 Å². The molecule has 0 aliphatic heterocycles. The van der Waals surface area contributed by atoms with Crippen LogP contribution in [-0.4, -0.2) is 30.6 Å². The number of nitrogens with one attached hydrogen (secondary N) is 2. The van der Waals surface area contributed by atoms with Crippen molar-refractivity contribution in [3.05, 3.63) is 35.6 Å². The molecule has 20 heavy (non-hydrogen) atoms. The molecule has 0 heterocycles. The molecule has 2 rings (SSSR count). The lowest BCUT2D eigenvalue weighted by molar-refractivity contribution is 0.595. The molecule has 2 unspecified atom stereocenters. The second kappa shape index (κ2) is 7.53. The average Bonchev–Trinajstić information content (AvgIpc) is 2.92. The van der Waals surface area contributed by atoms with Gasteiger partial charge in [0.15, 0.2) is 5.96 Å². The minimum Gasteiger partial charge on any atom is -0.354 e. The van der Waals surface area contributed by atoms with Crippen molar-refractivity contribution in [2.45, 2.75) is 37.1 Å². The molecule has 1 fully saturated rings. The number of thioether (sulfide) groups is 1. The van der Waals surface area contributed by atoms with Gasteiger partial charge < -0.3 is 10.6 Å². The number of aliphatic imine (C=N–C) groups is 1. The molecule has 1 aliphatic rings. The molecule has 2 atom stereocenters. The minimum atomic E-state index is -0.182. The highest BCUT2D eigenvalue weighted by Gasteiger charge is 2.24. The van der Waals surface area contributed by atoms with E-state index in [-0.39, 0.29) is 5.82 Å². The summed E-state index contributed by atoms with van der Waals surface area (Å²) in [6.07, 6.45) is 5.76. The molecule has 3 nitrogen and oxygen atoms in total. The maximum Gasteiger partial charge on any atom is 0.191 e. The van der Waals surface area contributed by atoms with Crippen molar-refractivity contribution in [2.75, 3.05) is 13.3 Å². The Hall–Kier alpha value is -1.23. The molecule has 5 heteroatoms. The van der Waals surface area contributed by atoms with E-state index in [1.165, 1.54) is 25.3 Å². The number of halogens is 1. The van der Waals surface area contributed by atoms with Crippen LogP contribution < -0.4 is 10.6 Å². The van der Waals surface area contributed by atoms with Crippen LogP contribution in [0.15, 0.2) is 29.3 Å². The molecule has 1 aromatic carbocycles. The van der Waals surface area contributed by atoms with Crippen LogP contribution in [0, 0.1) is 5.82 Å². The van der Waals surface area contributed by atoms with Gasteiger partial charge in [-0.3, -0.25) is 4.99 Å². The van der Waals surface area contributed by atoms with Crippen molar-refractivity contribution in [2.24, 2.45) is 4.99 Å². The van der Waals surface area contributed by atoms with E-state index in [0.717, 1.165) is 11.2 Å². The summed E-state index contributed by atoms with van der Waals surface area (Å²) in [5, 5.41) is 7.35. The first-order valence-electron chi connectivity index (χ1n) is 6.96. The van der Waals surface area contributed by atoms with E-state index in [2.05, 4.69) is 21.9 Å². The summed E-state index contributed by atoms with van der Waals surface area (Å²) < 4.78 is 13.5. The van der Waals surface area contributed by atoms with Crippen LogP contribution >= 0.6 is 11.8 Å². The van der Waals surface area contributed by atoms with Crippen LogP contribution in [-0.2, 0) is 6.54 Å². The van der Waals surface area contributed by atoms with E-state index in [1.807, 2.05) is 17.8 Å². The maximum atomic E-state index is 13.5. The molecule has 0 saturated heterocycles. The van der Waals surface area contributed by atoms with Crippen molar-refractivity contribution < 1.29 is 4.39 Å². The second-order valence-corrected chi connectivity index (χ2v) is 6.17. The normalized spacial score (nSPS) is 22.9. The van der Waals surface area contributed by atoms with Gasteiger partial charge in [-0.05, 0) is 31.6 Å². The third kappa shape index (κ3) is 4.13. The van der Waals surface area contributed by atoms with Crippen molar-refractivity contribution in [1.82, 2.24) is 10.6 Å². The SMILES string of the molecule is CN=C(NCc1ccccc1F)NC1CCC(SC)C1. The lowest BCUT2D eigenvalue weighted by Gasteiger charge is -2.17. The van der Waals surface area contributed by atoms with E-state index in [1.54, 1.807) is 19.2 Å². The molecular formula is C15H22FN3S. The molecule has 0 aromatic heterocycles. The zero-order chi connectivity index (χ0) is 14.4. The summed E-state index contributed by atoms with van der Waals surface area (Å²) in [5.74, 6) is 0.568. The van der Waals surface area contributed by atoms with Crippen LogP contribution in [0.5, 0.6) is 0 Å². The summed E-state index contributed by atoms with van der Waals surface area (Å²) in [4.78, 5) is 4.21. The Kier molecular flexibility index (Phi) is 5.71. The van der Waals surface area contributed by atoms with Crippen LogP contribution in [0.2, 0.25) is 0 Å². The Balaban J connectivity index is 1.83. The molecule has 110 valence electrons. The summed E-state index contributed by atoms with van der Waals surface area (Å²) in [6, 6.07) is 7.28. The monoisotopic (exact) mass is 295 g/mol. The Morgan fingerprint density at radius 2 is 2.20 bits per heavy atom. The topological polar surface area (TPSA) is 36.4 Å². The average molecular weight is 295 g/mol. The number of hydrogen-bond donors (Lipinski definition) is 2. The van der Waals surface area contributed by atoms with Gasteiger partial charge in [0.25, 0.3) is 0 Å². The highest BCUT2D eigenvalue weighted by atomic mass is 32.2. The summed E-state index contributed by atoms with van der Waals surface area (Å²) in [6.45, 7) is 0.449. The Morgan fingerprint density at radius 1 is 1.40 bits per heavy atom. The fraction of sp³-hybridized carbons (Fsp3) is 0.533. The molecule has 0 amide bonds. The minimum absolute atomic E-state index is 0.182. The fourth-order valence-corrected chi connectivity index (χ4v) is 3.29. The first-order valence-corrected chi connectivity index (χ1v) is 8.25. The van der Waals surface area contributed by atoms with E-state index in [0.29, 0.717) is 18.2 Å². The van der Waals surface area contributed by atoms with Gasteiger partial charge >= 0.3 is 0 Å². The Bertz CT molecular complexity index is 464. The molecule has 1 aromatic rings. The predicted molar refractivity (Wildman–Crippen MR) is 84.7 cm³/mol. The largest absolute Gasteiger partial charge is 0.354 e. The van der Waals surface area contributed by atoms with Gasteiger partial charge in [0.05, 0.1) is 0 Å². The van der Waals surface area contributed by atoms with Crippen molar-refractivity contribution >= 4 is 17.7 Å². The first kappa shape index (κ1) is 15.2. The third-order valence-electron chi connectivity index (χ3n) is 3.69. The number of hydrogen-bond acceptors (Lipinski definition) is 2. The van der Waals surface area contributed by atoms with Crippen molar-refractivity contribution in [3.63, 3.8) is 0 Å². The zero-order valence-corrected chi connectivity index (χ0v) is 12.8. The highest BCUT2D eigenvalue weighted by Crippen LogP contribution is 2.27. The quantitative estimate of drug-likeness (QED) is 0.662. The van der Waals surface area contributed by atoms with E-state index in [9.17, 15) is 4.39 Å². The Labute approximate surface area is 124 Å². The summed E-state index contributed by atoms with van der Waals surface area (Å²) in [7, 11) is 1.75. The van der Waals surface area contributed by atoms with Crippen molar-refractivity contribution in [1.29, 1.82) is 0 Å². The highest BCUT2D eigenvalue weighted by molar-refractivity contribution is 7.99. The molecular weight excluding hydrogens is 273 g/mol. The van der Waals surface area contributed by atoms with Gasteiger partial charge in [-0.1, -0.05) is 18.2 Å². The fourth-order valence-electron chi connectivity index (χ4n) is 2.49.